The van der Waals surface area contributed by atoms with E-state index >= 15 is 0 Å². The third kappa shape index (κ3) is 3.62. The largest absolute Gasteiger partial charge is 0.388 e. The van der Waals surface area contributed by atoms with Crippen molar-refractivity contribution in [3.8, 4) is 6.07 Å². The van der Waals surface area contributed by atoms with Crippen LogP contribution in [-0.4, -0.2) is 23.1 Å². The summed E-state index contributed by atoms with van der Waals surface area (Å²) in [6, 6.07) is 16.1. The first-order chi connectivity index (χ1) is 12.1. The second-order valence-electron chi connectivity index (χ2n) is 6.25. The van der Waals surface area contributed by atoms with Crippen LogP contribution in [0.2, 0.25) is 0 Å². The van der Waals surface area contributed by atoms with E-state index in [0.717, 1.165) is 24.1 Å². The predicted octanol–water partition coefficient (Wildman–Crippen LogP) is 3.42. The zero-order chi connectivity index (χ0) is 17.8. The summed E-state index contributed by atoms with van der Waals surface area (Å²) in [5, 5.41) is 30.7. The van der Waals surface area contributed by atoms with Crippen LogP contribution in [0.3, 0.4) is 0 Å². The maximum absolute atomic E-state index is 10.9. The highest BCUT2D eigenvalue weighted by Gasteiger charge is 2.27. The van der Waals surface area contributed by atoms with Crippen LogP contribution in [-0.2, 0) is 0 Å². The number of hydrogen-bond acceptors (Lipinski definition) is 5. The lowest BCUT2D eigenvalue weighted by atomic mass is 9.87. The molecule has 6 nitrogen and oxygen atoms in total. The molecule has 2 aromatic carbocycles. The minimum atomic E-state index is -0.493. The fraction of sp³-hybridized carbons (Fsp3) is 0.316. The van der Waals surface area contributed by atoms with E-state index in [4.69, 9.17) is 0 Å². The van der Waals surface area contributed by atoms with Crippen molar-refractivity contribution >= 4 is 11.4 Å². The fourth-order valence-corrected chi connectivity index (χ4v) is 3.38. The van der Waals surface area contributed by atoms with E-state index in [1.165, 1.54) is 12.1 Å². The van der Waals surface area contributed by atoms with Crippen molar-refractivity contribution in [1.82, 2.24) is 0 Å². The van der Waals surface area contributed by atoms with Gasteiger partial charge in [-0.25, -0.2) is 0 Å². The van der Waals surface area contributed by atoms with E-state index in [0.29, 0.717) is 18.7 Å². The Kier molecular flexibility index (Phi) is 4.96. The van der Waals surface area contributed by atoms with Gasteiger partial charge in [-0.3, -0.25) is 10.1 Å². The summed E-state index contributed by atoms with van der Waals surface area (Å²) in [5.41, 5.74) is 1.89. The molecule has 1 aliphatic heterocycles. The van der Waals surface area contributed by atoms with Crippen LogP contribution in [0.4, 0.5) is 11.4 Å². The first kappa shape index (κ1) is 16.9. The van der Waals surface area contributed by atoms with E-state index in [-0.39, 0.29) is 11.6 Å². The molecule has 3 rings (SSSR count). The van der Waals surface area contributed by atoms with Gasteiger partial charge in [0.1, 0.15) is 6.07 Å². The smallest absolute Gasteiger partial charge is 0.270 e. The summed E-state index contributed by atoms with van der Waals surface area (Å²) in [6.45, 7) is 1.42. The van der Waals surface area contributed by atoms with Crippen molar-refractivity contribution in [2.45, 2.75) is 18.9 Å². The highest BCUT2D eigenvalue weighted by molar-refractivity contribution is 5.63. The number of aliphatic hydroxyl groups excluding tert-OH is 1. The second kappa shape index (κ2) is 7.32. The number of nitrogens with zero attached hydrogens (tertiary/aromatic N) is 3. The summed E-state index contributed by atoms with van der Waals surface area (Å²) in [6.07, 6.45) is 1.12. The molecule has 1 N–H and O–H groups in total. The van der Waals surface area contributed by atoms with E-state index < -0.39 is 11.0 Å². The molecular formula is C19H19N3O3. The molecule has 1 fully saturated rings. The van der Waals surface area contributed by atoms with Crippen molar-refractivity contribution < 1.29 is 10.0 Å². The van der Waals surface area contributed by atoms with E-state index in [2.05, 4.69) is 11.0 Å². The van der Waals surface area contributed by atoms with Crippen molar-refractivity contribution in [3.63, 3.8) is 0 Å². The number of non-ortho nitro benzene ring substituents is 1. The number of benzene rings is 2. The molecule has 25 heavy (non-hydrogen) atoms. The Morgan fingerprint density at radius 3 is 2.48 bits per heavy atom. The molecule has 1 atom stereocenters. The number of rotatable bonds is 4. The van der Waals surface area contributed by atoms with Gasteiger partial charge in [-0.1, -0.05) is 30.3 Å². The Morgan fingerprint density at radius 1 is 1.20 bits per heavy atom. The topological polar surface area (TPSA) is 90.4 Å². The third-order valence-corrected chi connectivity index (χ3v) is 4.78. The van der Waals surface area contributed by atoms with Crippen LogP contribution >= 0.6 is 0 Å². The number of piperidine rings is 1. The lowest BCUT2D eigenvalue weighted by Gasteiger charge is -2.36. The van der Waals surface area contributed by atoms with Crippen molar-refractivity contribution in [3.05, 3.63) is 69.8 Å². The third-order valence-electron chi connectivity index (χ3n) is 4.78. The molecule has 1 heterocycles. The average molecular weight is 337 g/mol. The monoisotopic (exact) mass is 337 g/mol. The Labute approximate surface area is 146 Å². The van der Waals surface area contributed by atoms with Crippen molar-refractivity contribution in [1.29, 1.82) is 5.26 Å². The van der Waals surface area contributed by atoms with Gasteiger partial charge in [0.25, 0.3) is 5.69 Å². The Morgan fingerprint density at radius 2 is 1.88 bits per heavy atom. The average Bonchev–Trinajstić information content (AvgIpc) is 2.67. The molecule has 1 unspecified atom stereocenters. The predicted molar refractivity (Wildman–Crippen MR) is 94.2 cm³/mol. The van der Waals surface area contributed by atoms with Gasteiger partial charge in [0.2, 0.25) is 0 Å². The number of nitro groups is 1. The molecule has 0 aliphatic carbocycles. The number of hydrogen-bond donors (Lipinski definition) is 1. The van der Waals surface area contributed by atoms with E-state index in [1.807, 2.05) is 30.3 Å². The summed E-state index contributed by atoms with van der Waals surface area (Å²) < 4.78 is 0. The van der Waals surface area contributed by atoms with Gasteiger partial charge in [0.05, 0.1) is 22.3 Å². The number of anilines is 1. The fourth-order valence-electron chi connectivity index (χ4n) is 3.38. The molecule has 0 spiro atoms. The summed E-state index contributed by atoms with van der Waals surface area (Å²) >= 11 is 0. The van der Waals surface area contributed by atoms with Gasteiger partial charge in [-0.15, -0.1) is 0 Å². The quantitative estimate of drug-likeness (QED) is 0.682. The molecule has 0 aromatic heterocycles. The summed E-state index contributed by atoms with van der Waals surface area (Å²) in [4.78, 5) is 12.4. The molecule has 2 aromatic rings. The Balaban J connectivity index is 1.70. The molecule has 0 amide bonds. The maximum Gasteiger partial charge on any atom is 0.270 e. The van der Waals surface area contributed by atoms with Crippen LogP contribution in [0, 0.1) is 27.4 Å². The van der Waals surface area contributed by atoms with Gasteiger partial charge >= 0.3 is 0 Å². The minimum absolute atomic E-state index is 0.0744. The SMILES string of the molecule is N#Cc1cc([N+](=O)[O-])ccc1N1CCC(C(O)c2ccccc2)CC1. The van der Waals surface area contributed by atoms with Crippen molar-refractivity contribution in [2.75, 3.05) is 18.0 Å². The molecular weight excluding hydrogens is 318 g/mol. The number of aliphatic hydroxyl groups is 1. The van der Waals surface area contributed by atoms with Gasteiger partial charge in [0, 0.05) is 25.2 Å². The van der Waals surface area contributed by atoms with Gasteiger partial charge in [-0.2, -0.15) is 5.26 Å². The molecule has 1 saturated heterocycles. The van der Waals surface area contributed by atoms with Crippen LogP contribution < -0.4 is 4.90 Å². The van der Waals surface area contributed by atoms with Gasteiger partial charge < -0.3 is 10.0 Å². The van der Waals surface area contributed by atoms with E-state index in [1.54, 1.807) is 6.07 Å². The Bertz CT molecular complexity index is 793. The lowest BCUT2D eigenvalue weighted by Crippen LogP contribution is -2.36. The minimum Gasteiger partial charge on any atom is -0.388 e. The molecule has 1 aliphatic rings. The normalized spacial score (nSPS) is 16.2. The zero-order valence-electron chi connectivity index (χ0n) is 13.7. The highest BCUT2D eigenvalue weighted by Crippen LogP contribution is 2.34. The molecule has 0 bridgehead atoms. The number of nitro benzene ring substituents is 1. The van der Waals surface area contributed by atoms with Crippen LogP contribution in [0.15, 0.2) is 48.5 Å². The second-order valence-corrected chi connectivity index (χ2v) is 6.25. The summed E-state index contributed by atoms with van der Waals surface area (Å²) in [5.74, 6) is 0.169. The standard InChI is InChI=1S/C19H19N3O3/c20-13-16-12-17(22(24)25)6-7-18(16)21-10-8-15(9-11-21)19(23)14-4-2-1-3-5-14/h1-7,12,15,19,23H,8-11H2. The zero-order valence-corrected chi connectivity index (χ0v) is 13.7. The summed E-state index contributed by atoms with van der Waals surface area (Å²) in [7, 11) is 0. The van der Waals surface area contributed by atoms with Crippen LogP contribution in [0.25, 0.3) is 0 Å². The number of nitriles is 1. The van der Waals surface area contributed by atoms with Gasteiger partial charge in [0.15, 0.2) is 0 Å². The lowest BCUT2D eigenvalue weighted by molar-refractivity contribution is -0.384. The Hall–Kier alpha value is -2.91. The first-order valence-corrected chi connectivity index (χ1v) is 8.26. The molecule has 0 radical (unpaired) electrons. The first-order valence-electron chi connectivity index (χ1n) is 8.26. The molecule has 128 valence electrons. The molecule has 6 heteroatoms. The maximum atomic E-state index is 10.9. The van der Waals surface area contributed by atoms with E-state index in [9.17, 15) is 20.5 Å². The van der Waals surface area contributed by atoms with Crippen LogP contribution in [0.5, 0.6) is 0 Å². The van der Waals surface area contributed by atoms with Crippen molar-refractivity contribution in [2.24, 2.45) is 5.92 Å². The molecule has 0 saturated carbocycles. The van der Waals surface area contributed by atoms with Gasteiger partial charge in [-0.05, 0) is 30.4 Å². The van der Waals surface area contributed by atoms with Crippen LogP contribution in [0.1, 0.15) is 30.1 Å². The highest BCUT2D eigenvalue weighted by atomic mass is 16.6.